The van der Waals surface area contributed by atoms with Crippen LogP contribution >= 0.6 is 24.0 Å². The zero-order chi connectivity index (χ0) is 17.4. The van der Waals surface area contributed by atoms with Gasteiger partial charge in [0.15, 0.2) is 5.96 Å². The van der Waals surface area contributed by atoms with Crippen LogP contribution in [0.5, 0.6) is 5.75 Å². The maximum Gasteiger partial charge on any atom is 0.191 e. The fourth-order valence-electron chi connectivity index (χ4n) is 2.62. The highest BCUT2D eigenvalue weighted by Crippen LogP contribution is 2.22. The van der Waals surface area contributed by atoms with E-state index in [9.17, 15) is 0 Å². The fourth-order valence-corrected chi connectivity index (χ4v) is 2.62. The number of ether oxygens (including phenoxy) is 1. The van der Waals surface area contributed by atoms with Crippen LogP contribution in [-0.2, 0) is 0 Å². The lowest BCUT2D eigenvalue weighted by Gasteiger charge is -2.16. The summed E-state index contributed by atoms with van der Waals surface area (Å²) in [6.07, 6.45) is 0. The summed E-state index contributed by atoms with van der Waals surface area (Å²) in [6, 6.07) is 9.77. The Morgan fingerprint density at radius 2 is 1.96 bits per heavy atom. The number of benzene rings is 1. The van der Waals surface area contributed by atoms with Gasteiger partial charge in [0, 0.05) is 25.1 Å². The number of para-hydroxylation sites is 1. The predicted molar refractivity (Wildman–Crippen MR) is 111 cm³/mol. The zero-order valence-corrected chi connectivity index (χ0v) is 17.5. The quantitative estimate of drug-likeness (QED) is 0.289. The lowest BCUT2D eigenvalue weighted by atomic mass is 10.00. The van der Waals surface area contributed by atoms with Gasteiger partial charge >= 0.3 is 0 Å². The van der Waals surface area contributed by atoms with Crippen LogP contribution in [0, 0.1) is 13.8 Å². The van der Waals surface area contributed by atoms with Crippen LogP contribution in [0.3, 0.4) is 0 Å². The van der Waals surface area contributed by atoms with Crippen molar-refractivity contribution in [3.05, 3.63) is 47.3 Å². The second-order valence-electron chi connectivity index (χ2n) is 5.68. The number of hydrogen-bond donors (Lipinski definition) is 2. The van der Waals surface area contributed by atoms with Gasteiger partial charge in [-0.2, -0.15) is 0 Å². The number of hydrogen-bond acceptors (Lipinski definition) is 4. The number of nitrogens with zero attached hydrogens (tertiary/aromatic N) is 2. The van der Waals surface area contributed by atoms with Gasteiger partial charge in [0.1, 0.15) is 18.1 Å². The van der Waals surface area contributed by atoms with Crippen molar-refractivity contribution < 1.29 is 9.26 Å². The molecule has 0 radical (unpaired) electrons. The van der Waals surface area contributed by atoms with E-state index in [2.05, 4.69) is 27.7 Å². The van der Waals surface area contributed by atoms with Crippen LogP contribution in [0.1, 0.15) is 29.9 Å². The molecule has 0 spiro atoms. The summed E-state index contributed by atoms with van der Waals surface area (Å²) in [5.74, 6) is 2.79. The number of aryl methyl sites for hydroxylation is 2. The van der Waals surface area contributed by atoms with Crippen LogP contribution in [0.2, 0.25) is 0 Å². The molecular weight excluding hydrogens is 431 g/mol. The van der Waals surface area contributed by atoms with Gasteiger partial charge < -0.3 is 19.9 Å². The first-order chi connectivity index (χ1) is 11.6. The van der Waals surface area contributed by atoms with Crippen LogP contribution in [0.15, 0.2) is 39.8 Å². The molecular formula is C18H27IN4O2. The minimum Gasteiger partial charge on any atom is -0.492 e. The van der Waals surface area contributed by atoms with Crippen LogP contribution in [0.25, 0.3) is 0 Å². The summed E-state index contributed by atoms with van der Waals surface area (Å²) in [5.41, 5.74) is 2.10. The minimum absolute atomic E-state index is 0. The third-order valence-corrected chi connectivity index (χ3v) is 3.79. The number of rotatable bonds is 7. The predicted octanol–water partition coefficient (Wildman–Crippen LogP) is 3.26. The molecule has 0 aliphatic heterocycles. The molecule has 0 saturated carbocycles. The second kappa shape index (κ2) is 11.0. The van der Waals surface area contributed by atoms with Crippen LogP contribution < -0.4 is 15.4 Å². The average molecular weight is 458 g/mol. The zero-order valence-electron chi connectivity index (χ0n) is 15.2. The highest BCUT2D eigenvalue weighted by molar-refractivity contribution is 14.0. The second-order valence-corrected chi connectivity index (χ2v) is 5.68. The molecule has 1 atom stereocenters. The first-order valence-electron chi connectivity index (χ1n) is 8.17. The van der Waals surface area contributed by atoms with Gasteiger partial charge in [0.25, 0.3) is 0 Å². The van der Waals surface area contributed by atoms with Gasteiger partial charge in [0.05, 0.1) is 12.2 Å². The Kier molecular flexibility index (Phi) is 9.33. The minimum atomic E-state index is 0. The molecule has 6 nitrogen and oxygen atoms in total. The number of nitrogens with one attached hydrogen (secondary N) is 2. The van der Waals surface area contributed by atoms with Crippen molar-refractivity contribution in [3.8, 4) is 5.75 Å². The van der Waals surface area contributed by atoms with Crippen molar-refractivity contribution in [3.63, 3.8) is 0 Å². The van der Waals surface area contributed by atoms with E-state index in [-0.39, 0.29) is 29.9 Å². The lowest BCUT2D eigenvalue weighted by Crippen LogP contribution is -2.40. The number of aliphatic imine (C=N–C) groups is 1. The molecule has 0 saturated heterocycles. The molecule has 7 heteroatoms. The van der Waals surface area contributed by atoms with Crippen molar-refractivity contribution >= 4 is 29.9 Å². The molecule has 1 heterocycles. The summed E-state index contributed by atoms with van der Waals surface area (Å²) in [7, 11) is 1.76. The van der Waals surface area contributed by atoms with E-state index in [1.54, 1.807) is 7.05 Å². The third kappa shape index (κ3) is 6.56. The molecule has 2 N–H and O–H groups in total. The topological polar surface area (TPSA) is 71.7 Å². The van der Waals surface area contributed by atoms with Crippen LogP contribution in [-0.4, -0.2) is 37.9 Å². The molecule has 0 aliphatic rings. The number of halogens is 1. The Labute approximate surface area is 166 Å². The molecule has 2 rings (SSSR count). The van der Waals surface area contributed by atoms with Crippen molar-refractivity contribution in [1.29, 1.82) is 0 Å². The SMILES string of the molecule is CN=C(NCCOc1ccccc1)NCC(C)c1c(C)noc1C.I. The van der Waals surface area contributed by atoms with E-state index < -0.39 is 0 Å². The molecule has 1 unspecified atom stereocenters. The monoisotopic (exact) mass is 458 g/mol. The molecule has 0 aliphatic carbocycles. The molecule has 138 valence electrons. The van der Waals surface area contributed by atoms with E-state index in [0.717, 1.165) is 35.3 Å². The van der Waals surface area contributed by atoms with Gasteiger partial charge in [0.2, 0.25) is 0 Å². The van der Waals surface area contributed by atoms with E-state index >= 15 is 0 Å². The Morgan fingerprint density at radius 1 is 1.24 bits per heavy atom. The van der Waals surface area contributed by atoms with Crippen LogP contribution in [0.4, 0.5) is 0 Å². The summed E-state index contributed by atoms with van der Waals surface area (Å²) < 4.78 is 10.9. The smallest absolute Gasteiger partial charge is 0.191 e. The lowest BCUT2D eigenvalue weighted by molar-refractivity contribution is 0.322. The maximum atomic E-state index is 5.65. The van der Waals surface area contributed by atoms with Crippen molar-refractivity contribution in [2.75, 3.05) is 26.7 Å². The Morgan fingerprint density at radius 3 is 2.56 bits per heavy atom. The van der Waals surface area contributed by atoms with E-state index in [1.807, 2.05) is 44.2 Å². The first kappa shape index (κ1) is 21.3. The summed E-state index contributed by atoms with van der Waals surface area (Å²) >= 11 is 0. The summed E-state index contributed by atoms with van der Waals surface area (Å²) in [5, 5.41) is 10.6. The molecule has 2 aromatic rings. The van der Waals surface area contributed by atoms with E-state index in [1.165, 1.54) is 0 Å². The maximum absolute atomic E-state index is 5.65. The Bertz CT molecular complexity index is 639. The molecule has 25 heavy (non-hydrogen) atoms. The Hall–Kier alpha value is -1.77. The molecule has 0 amide bonds. The molecule has 1 aromatic heterocycles. The normalized spacial score (nSPS) is 12.2. The van der Waals surface area contributed by atoms with Gasteiger partial charge in [-0.15, -0.1) is 24.0 Å². The highest BCUT2D eigenvalue weighted by Gasteiger charge is 2.16. The summed E-state index contributed by atoms with van der Waals surface area (Å²) in [6.45, 7) is 8.06. The van der Waals surface area contributed by atoms with Gasteiger partial charge in [-0.1, -0.05) is 30.3 Å². The van der Waals surface area contributed by atoms with Crippen molar-refractivity contribution in [1.82, 2.24) is 15.8 Å². The first-order valence-corrected chi connectivity index (χ1v) is 8.17. The Balaban J connectivity index is 0.00000312. The molecule has 0 fully saturated rings. The molecule has 0 bridgehead atoms. The highest BCUT2D eigenvalue weighted by atomic mass is 127. The largest absolute Gasteiger partial charge is 0.492 e. The fraction of sp³-hybridized carbons (Fsp3) is 0.444. The number of aromatic nitrogens is 1. The van der Waals surface area contributed by atoms with Crippen molar-refractivity contribution in [2.24, 2.45) is 4.99 Å². The van der Waals surface area contributed by atoms with Crippen molar-refractivity contribution in [2.45, 2.75) is 26.7 Å². The van der Waals surface area contributed by atoms with Gasteiger partial charge in [-0.05, 0) is 26.0 Å². The average Bonchev–Trinajstić information content (AvgIpc) is 2.93. The third-order valence-electron chi connectivity index (χ3n) is 3.79. The summed E-state index contributed by atoms with van der Waals surface area (Å²) in [4.78, 5) is 4.23. The molecule has 1 aromatic carbocycles. The standard InChI is InChI=1S/C18H26N4O2.HI/c1-13(17-14(2)22-24-15(17)3)12-21-18(19-4)20-10-11-23-16-8-6-5-7-9-16;/h5-9,13H,10-12H2,1-4H3,(H2,19,20,21);1H. The van der Waals surface area contributed by atoms with Gasteiger partial charge in [-0.3, -0.25) is 4.99 Å². The van der Waals surface area contributed by atoms with E-state index in [0.29, 0.717) is 13.2 Å². The number of guanidine groups is 1. The van der Waals surface area contributed by atoms with Gasteiger partial charge in [-0.25, -0.2) is 0 Å². The van der Waals surface area contributed by atoms with E-state index in [4.69, 9.17) is 9.26 Å².